The number of amides is 2. The number of imide groups is 1. The van der Waals surface area contributed by atoms with Gasteiger partial charge in [-0.25, -0.2) is 4.90 Å². The molecular formula is C18H17F3N2O2. The van der Waals surface area contributed by atoms with Gasteiger partial charge in [-0.3, -0.25) is 9.59 Å². The van der Waals surface area contributed by atoms with E-state index in [1.165, 1.54) is 18.2 Å². The lowest BCUT2D eigenvalue weighted by Crippen LogP contribution is -2.37. The molecule has 1 aliphatic rings. The third kappa shape index (κ3) is 2.62. The van der Waals surface area contributed by atoms with Gasteiger partial charge in [0.1, 0.15) is 0 Å². The smallest absolute Gasteiger partial charge is 0.273 e. The van der Waals surface area contributed by atoms with Crippen LogP contribution in [0.25, 0.3) is 0 Å². The van der Waals surface area contributed by atoms with Gasteiger partial charge in [-0.2, -0.15) is 18.4 Å². The minimum atomic E-state index is -4.77. The summed E-state index contributed by atoms with van der Waals surface area (Å²) in [5.41, 5.74) is -4.16. The highest BCUT2D eigenvalue weighted by Crippen LogP contribution is 2.51. The van der Waals surface area contributed by atoms with Crippen LogP contribution in [0, 0.1) is 22.2 Å². The molecule has 25 heavy (non-hydrogen) atoms. The highest BCUT2D eigenvalue weighted by Gasteiger charge is 2.61. The fourth-order valence-corrected chi connectivity index (χ4v) is 2.99. The molecule has 1 aliphatic heterocycles. The molecule has 7 heteroatoms. The molecule has 0 aromatic heterocycles. The molecule has 0 N–H and O–H groups in total. The lowest BCUT2D eigenvalue weighted by molar-refractivity contribution is -0.138. The first-order valence-corrected chi connectivity index (χ1v) is 7.53. The number of benzene rings is 1. The zero-order valence-electron chi connectivity index (χ0n) is 14.1. The molecule has 1 atom stereocenters. The summed E-state index contributed by atoms with van der Waals surface area (Å²) in [4.78, 5) is 26.4. The fraction of sp³-hybridized carbons (Fsp3) is 0.389. The van der Waals surface area contributed by atoms with Crippen molar-refractivity contribution in [3.05, 3.63) is 42.0 Å². The molecular weight excluding hydrogens is 333 g/mol. The van der Waals surface area contributed by atoms with Gasteiger partial charge in [0, 0.05) is 0 Å². The predicted molar refractivity (Wildman–Crippen MR) is 85.4 cm³/mol. The third-order valence-electron chi connectivity index (χ3n) is 5.03. The number of anilines is 1. The van der Waals surface area contributed by atoms with Crippen molar-refractivity contribution in [1.29, 1.82) is 5.26 Å². The predicted octanol–water partition coefficient (Wildman–Crippen LogP) is 4.06. The van der Waals surface area contributed by atoms with E-state index in [0.717, 1.165) is 11.0 Å². The zero-order chi connectivity index (χ0) is 19.2. The van der Waals surface area contributed by atoms with E-state index in [4.69, 9.17) is 5.26 Å². The van der Waals surface area contributed by atoms with E-state index < -0.39 is 39.9 Å². The van der Waals surface area contributed by atoms with E-state index in [2.05, 4.69) is 6.58 Å². The second kappa shape index (κ2) is 5.73. The Balaban J connectivity index is 2.64. The number of allylic oxidation sites excluding steroid dienone is 1. The van der Waals surface area contributed by atoms with Gasteiger partial charge in [0.05, 0.1) is 33.7 Å². The Bertz CT molecular complexity index is 806. The van der Waals surface area contributed by atoms with Gasteiger partial charge in [0.15, 0.2) is 0 Å². The SMILES string of the molecule is C=CCC1(C)C(=O)N(c2ccc(C#N)c(C(F)(F)F)c2)C(=O)C1(C)C. The lowest BCUT2D eigenvalue weighted by atomic mass is 9.66. The Morgan fingerprint density at radius 1 is 1.24 bits per heavy atom. The summed E-state index contributed by atoms with van der Waals surface area (Å²) in [7, 11) is 0. The van der Waals surface area contributed by atoms with Gasteiger partial charge < -0.3 is 0 Å². The summed E-state index contributed by atoms with van der Waals surface area (Å²) in [5, 5.41) is 8.87. The fourth-order valence-electron chi connectivity index (χ4n) is 2.99. The van der Waals surface area contributed by atoms with Gasteiger partial charge in [-0.15, -0.1) is 6.58 Å². The van der Waals surface area contributed by atoms with Crippen LogP contribution < -0.4 is 4.90 Å². The molecule has 132 valence electrons. The summed E-state index contributed by atoms with van der Waals surface area (Å²) < 4.78 is 39.5. The number of nitrogens with zero attached hydrogens (tertiary/aromatic N) is 2. The summed E-state index contributed by atoms with van der Waals surface area (Å²) in [5.74, 6) is -1.17. The van der Waals surface area contributed by atoms with Crippen LogP contribution in [0.2, 0.25) is 0 Å². The Morgan fingerprint density at radius 3 is 2.32 bits per heavy atom. The van der Waals surface area contributed by atoms with Crippen molar-refractivity contribution in [2.45, 2.75) is 33.4 Å². The van der Waals surface area contributed by atoms with E-state index in [1.807, 2.05) is 0 Å². The Labute approximate surface area is 143 Å². The second-order valence-electron chi connectivity index (χ2n) is 6.74. The van der Waals surface area contributed by atoms with Gasteiger partial charge in [0.25, 0.3) is 0 Å². The number of nitriles is 1. The molecule has 1 unspecified atom stereocenters. The topological polar surface area (TPSA) is 61.2 Å². The molecule has 1 aromatic rings. The minimum Gasteiger partial charge on any atom is -0.273 e. The molecule has 2 rings (SSSR count). The van der Waals surface area contributed by atoms with E-state index in [0.29, 0.717) is 6.07 Å². The van der Waals surface area contributed by atoms with Crippen molar-refractivity contribution >= 4 is 17.5 Å². The van der Waals surface area contributed by atoms with Crippen LogP contribution in [0.5, 0.6) is 0 Å². The normalized spacial score (nSPS) is 22.8. The van der Waals surface area contributed by atoms with Crippen LogP contribution in [0.3, 0.4) is 0 Å². The average molecular weight is 350 g/mol. The van der Waals surface area contributed by atoms with E-state index >= 15 is 0 Å². The largest absolute Gasteiger partial charge is 0.417 e. The maximum absolute atomic E-state index is 13.2. The highest BCUT2D eigenvalue weighted by molar-refractivity contribution is 6.25. The van der Waals surface area contributed by atoms with E-state index in [-0.39, 0.29) is 12.1 Å². The monoisotopic (exact) mass is 350 g/mol. The highest BCUT2D eigenvalue weighted by atomic mass is 19.4. The van der Waals surface area contributed by atoms with Gasteiger partial charge in [-0.05, 0) is 45.4 Å². The second-order valence-corrected chi connectivity index (χ2v) is 6.74. The van der Waals surface area contributed by atoms with Crippen molar-refractivity contribution in [2.24, 2.45) is 10.8 Å². The summed E-state index contributed by atoms with van der Waals surface area (Å²) >= 11 is 0. The summed E-state index contributed by atoms with van der Waals surface area (Å²) in [6, 6.07) is 4.29. The average Bonchev–Trinajstić information content (AvgIpc) is 2.65. The molecule has 1 fully saturated rings. The lowest BCUT2D eigenvalue weighted by Gasteiger charge is -2.31. The molecule has 0 radical (unpaired) electrons. The van der Waals surface area contributed by atoms with Crippen LogP contribution in [-0.2, 0) is 15.8 Å². The van der Waals surface area contributed by atoms with Crippen LogP contribution in [-0.4, -0.2) is 11.8 Å². The van der Waals surface area contributed by atoms with Gasteiger partial charge in [-0.1, -0.05) is 6.08 Å². The molecule has 0 bridgehead atoms. The quantitative estimate of drug-likeness (QED) is 0.610. The van der Waals surface area contributed by atoms with Crippen molar-refractivity contribution in [1.82, 2.24) is 0 Å². The number of alkyl halides is 3. The standard InChI is InChI=1S/C18H17F3N2O2/c1-5-8-17(4)15(25)23(14(24)16(17,2)3)12-7-6-11(10-22)13(9-12)18(19,20)21/h5-7,9H,1,8H2,2-4H3. The number of carbonyl (C=O) groups is 2. The van der Waals surface area contributed by atoms with Crippen LogP contribution in [0.15, 0.2) is 30.9 Å². The van der Waals surface area contributed by atoms with E-state index in [1.54, 1.807) is 20.8 Å². The van der Waals surface area contributed by atoms with Crippen molar-refractivity contribution in [3.63, 3.8) is 0 Å². The molecule has 0 spiro atoms. The van der Waals surface area contributed by atoms with Crippen LogP contribution in [0.4, 0.5) is 18.9 Å². The first kappa shape index (κ1) is 18.7. The molecule has 4 nitrogen and oxygen atoms in total. The maximum Gasteiger partial charge on any atom is 0.417 e. The van der Waals surface area contributed by atoms with Crippen molar-refractivity contribution in [3.8, 4) is 6.07 Å². The summed E-state index contributed by atoms with van der Waals surface area (Å²) in [6.45, 7) is 8.37. The molecule has 1 aromatic carbocycles. The number of hydrogen-bond donors (Lipinski definition) is 0. The van der Waals surface area contributed by atoms with Crippen LogP contribution >= 0.6 is 0 Å². The molecule has 1 saturated heterocycles. The van der Waals surface area contributed by atoms with Crippen molar-refractivity contribution in [2.75, 3.05) is 4.90 Å². The molecule has 0 aliphatic carbocycles. The Hall–Kier alpha value is -2.62. The Kier molecular flexibility index (Phi) is 4.29. The molecule has 1 heterocycles. The number of halogens is 3. The number of hydrogen-bond acceptors (Lipinski definition) is 3. The Morgan fingerprint density at radius 2 is 1.84 bits per heavy atom. The van der Waals surface area contributed by atoms with Crippen LogP contribution in [0.1, 0.15) is 38.3 Å². The molecule has 0 saturated carbocycles. The maximum atomic E-state index is 13.2. The third-order valence-corrected chi connectivity index (χ3v) is 5.03. The van der Waals surface area contributed by atoms with Gasteiger partial charge >= 0.3 is 6.18 Å². The first-order chi connectivity index (χ1) is 11.4. The summed E-state index contributed by atoms with van der Waals surface area (Å²) in [6.07, 6.45) is -3.05. The minimum absolute atomic E-state index is 0.192. The van der Waals surface area contributed by atoms with Crippen molar-refractivity contribution < 1.29 is 22.8 Å². The number of rotatable bonds is 3. The van der Waals surface area contributed by atoms with E-state index in [9.17, 15) is 22.8 Å². The van der Waals surface area contributed by atoms with Gasteiger partial charge in [0.2, 0.25) is 11.8 Å². The first-order valence-electron chi connectivity index (χ1n) is 7.53. The zero-order valence-corrected chi connectivity index (χ0v) is 14.1. The number of carbonyl (C=O) groups excluding carboxylic acids is 2. The molecule has 2 amide bonds.